The molecule has 0 aliphatic heterocycles. The van der Waals surface area contributed by atoms with Crippen LogP contribution in [0.4, 0.5) is 0 Å². The summed E-state index contributed by atoms with van der Waals surface area (Å²) in [7, 11) is 2.93. The number of hydrogen-bond acceptors (Lipinski definition) is 4. The first kappa shape index (κ1) is 16.0. The molecular weight excluding hydrogens is 306 g/mol. The highest BCUT2D eigenvalue weighted by Crippen LogP contribution is 2.22. The zero-order valence-electron chi connectivity index (χ0n) is 12.5. The number of nitrogens with zero attached hydrogens (tertiary/aromatic N) is 2. The molecule has 2 aromatic rings. The number of amides is 1. The molecule has 1 amide bonds. The molecule has 0 aliphatic rings. The Kier molecular flexibility index (Phi) is 4.82. The number of methoxy groups -OCH3 is 1. The van der Waals surface area contributed by atoms with Crippen LogP contribution in [0.1, 0.15) is 17.4 Å². The number of carbonyl (C=O) groups excluding carboxylic acids is 2. The van der Waals surface area contributed by atoms with Crippen LogP contribution in [0.2, 0.25) is 5.02 Å². The Bertz CT molecular complexity index is 712. The van der Waals surface area contributed by atoms with Crippen LogP contribution in [-0.2, 0) is 16.6 Å². The number of benzene rings is 1. The molecule has 1 heterocycles. The molecule has 0 spiro atoms. The molecule has 22 heavy (non-hydrogen) atoms. The van der Waals surface area contributed by atoms with Crippen LogP contribution >= 0.6 is 11.6 Å². The molecule has 6 nitrogen and oxygen atoms in total. The number of aryl methyl sites for hydroxylation is 1. The Balaban J connectivity index is 2.23. The lowest BCUT2D eigenvalue weighted by Gasteiger charge is -2.11. The van der Waals surface area contributed by atoms with E-state index in [1.54, 1.807) is 32.2 Å². The average Bonchev–Trinajstić information content (AvgIpc) is 2.88. The number of nitrogens with one attached hydrogen (secondary N) is 1. The third-order valence-electron chi connectivity index (χ3n) is 3.14. The van der Waals surface area contributed by atoms with E-state index < -0.39 is 17.9 Å². The van der Waals surface area contributed by atoms with Crippen molar-refractivity contribution in [3.8, 4) is 11.3 Å². The molecular formula is C15H16ClN3O3. The van der Waals surface area contributed by atoms with Crippen molar-refractivity contribution in [2.45, 2.75) is 13.0 Å². The summed E-state index contributed by atoms with van der Waals surface area (Å²) in [5.41, 5.74) is 1.77. The van der Waals surface area contributed by atoms with Gasteiger partial charge in [0.2, 0.25) is 0 Å². The quantitative estimate of drug-likeness (QED) is 0.875. The number of carbonyl (C=O) groups is 2. The lowest BCUT2D eigenvalue weighted by atomic mass is 10.1. The van der Waals surface area contributed by atoms with Crippen molar-refractivity contribution in [3.63, 3.8) is 0 Å². The van der Waals surface area contributed by atoms with E-state index in [0.29, 0.717) is 16.4 Å². The van der Waals surface area contributed by atoms with Crippen molar-refractivity contribution in [1.82, 2.24) is 15.1 Å². The van der Waals surface area contributed by atoms with Gasteiger partial charge in [0, 0.05) is 17.6 Å². The standard InChI is InChI=1S/C15H16ClN3O3/c1-9(15(21)22-3)17-14(20)13-8-12(18-19(13)2)10-5-4-6-11(16)7-10/h4-9H,1-3H3,(H,17,20)/t9-/m1/s1. The van der Waals surface area contributed by atoms with Gasteiger partial charge in [-0.15, -0.1) is 0 Å². The maximum Gasteiger partial charge on any atom is 0.328 e. The van der Waals surface area contributed by atoms with Gasteiger partial charge >= 0.3 is 5.97 Å². The molecule has 0 saturated carbocycles. The minimum absolute atomic E-state index is 0.339. The summed E-state index contributed by atoms with van der Waals surface area (Å²) < 4.78 is 6.03. The highest BCUT2D eigenvalue weighted by molar-refractivity contribution is 6.30. The van der Waals surface area contributed by atoms with E-state index in [4.69, 9.17) is 11.6 Å². The van der Waals surface area contributed by atoms with Gasteiger partial charge in [0.15, 0.2) is 0 Å². The minimum atomic E-state index is -0.734. The number of aromatic nitrogens is 2. The molecule has 7 heteroatoms. The lowest BCUT2D eigenvalue weighted by molar-refractivity contribution is -0.142. The van der Waals surface area contributed by atoms with Crippen molar-refractivity contribution in [2.75, 3.05) is 7.11 Å². The Labute approximate surface area is 133 Å². The largest absolute Gasteiger partial charge is 0.467 e. The fourth-order valence-corrected chi connectivity index (χ4v) is 2.17. The summed E-state index contributed by atoms with van der Waals surface area (Å²) in [6.07, 6.45) is 0. The zero-order valence-corrected chi connectivity index (χ0v) is 13.2. The van der Waals surface area contributed by atoms with Crippen LogP contribution in [0.3, 0.4) is 0 Å². The molecule has 1 aromatic carbocycles. The summed E-state index contributed by atoms with van der Waals surface area (Å²) in [4.78, 5) is 23.6. The molecule has 1 aromatic heterocycles. The number of halogens is 1. The van der Waals surface area contributed by atoms with E-state index in [-0.39, 0.29) is 0 Å². The molecule has 2 rings (SSSR count). The van der Waals surface area contributed by atoms with Gasteiger partial charge in [-0.05, 0) is 25.1 Å². The van der Waals surface area contributed by atoms with Crippen molar-refractivity contribution >= 4 is 23.5 Å². The predicted molar refractivity (Wildman–Crippen MR) is 82.6 cm³/mol. The Morgan fingerprint density at radius 1 is 1.36 bits per heavy atom. The van der Waals surface area contributed by atoms with E-state index in [2.05, 4.69) is 15.2 Å². The molecule has 0 bridgehead atoms. The van der Waals surface area contributed by atoms with E-state index >= 15 is 0 Å². The van der Waals surface area contributed by atoms with Crippen molar-refractivity contribution in [2.24, 2.45) is 7.05 Å². The maximum atomic E-state index is 12.2. The fraction of sp³-hybridized carbons (Fsp3) is 0.267. The van der Waals surface area contributed by atoms with Crippen molar-refractivity contribution in [1.29, 1.82) is 0 Å². The molecule has 0 fully saturated rings. The molecule has 0 aliphatic carbocycles. The third-order valence-corrected chi connectivity index (χ3v) is 3.37. The topological polar surface area (TPSA) is 73.2 Å². The maximum absolute atomic E-state index is 12.2. The van der Waals surface area contributed by atoms with Crippen LogP contribution in [-0.4, -0.2) is 34.8 Å². The predicted octanol–water partition coefficient (Wildman–Crippen LogP) is 2.03. The van der Waals surface area contributed by atoms with Gasteiger partial charge in [0.1, 0.15) is 11.7 Å². The second kappa shape index (κ2) is 6.62. The number of hydrogen-bond donors (Lipinski definition) is 1. The van der Waals surface area contributed by atoms with Gasteiger partial charge in [-0.3, -0.25) is 9.48 Å². The van der Waals surface area contributed by atoms with Crippen LogP contribution in [0.15, 0.2) is 30.3 Å². The monoisotopic (exact) mass is 321 g/mol. The highest BCUT2D eigenvalue weighted by Gasteiger charge is 2.20. The van der Waals surface area contributed by atoms with Crippen molar-refractivity contribution in [3.05, 3.63) is 41.0 Å². The number of esters is 1. The first-order valence-corrected chi connectivity index (χ1v) is 6.99. The summed E-state index contributed by atoms with van der Waals surface area (Å²) >= 11 is 5.96. The summed E-state index contributed by atoms with van der Waals surface area (Å²) in [6.45, 7) is 1.55. The van der Waals surface area contributed by atoms with E-state index in [1.165, 1.54) is 11.8 Å². The molecule has 116 valence electrons. The second-order valence-electron chi connectivity index (χ2n) is 4.77. The Hall–Kier alpha value is -2.34. The molecule has 0 unspecified atom stereocenters. The summed E-state index contributed by atoms with van der Waals surface area (Å²) in [6, 6.07) is 8.10. The molecule has 1 atom stereocenters. The molecule has 0 radical (unpaired) electrons. The third kappa shape index (κ3) is 3.46. The van der Waals surface area contributed by atoms with Gasteiger partial charge in [0.25, 0.3) is 5.91 Å². The molecule has 0 saturated heterocycles. The summed E-state index contributed by atoms with van der Waals surface area (Å²) in [5.74, 6) is -0.910. The average molecular weight is 322 g/mol. The number of rotatable bonds is 4. The second-order valence-corrected chi connectivity index (χ2v) is 5.20. The first-order valence-electron chi connectivity index (χ1n) is 6.61. The molecule has 1 N–H and O–H groups in total. The number of ether oxygens (including phenoxy) is 1. The van der Waals surface area contributed by atoms with Crippen LogP contribution in [0, 0.1) is 0 Å². The van der Waals surface area contributed by atoms with Crippen LogP contribution in [0.25, 0.3) is 11.3 Å². The van der Waals surface area contributed by atoms with Gasteiger partial charge in [-0.2, -0.15) is 5.10 Å². The smallest absolute Gasteiger partial charge is 0.328 e. The van der Waals surface area contributed by atoms with E-state index in [0.717, 1.165) is 5.56 Å². The fourth-order valence-electron chi connectivity index (χ4n) is 1.97. The zero-order chi connectivity index (χ0) is 16.3. The first-order chi connectivity index (χ1) is 10.4. The Morgan fingerprint density at radius 2 is 2.09 bits per heavy atom. The summed E-state index contributed by atoms with van der Waals surface area (Å²) in [5, 5.41) is 7.45. The van der Waals surface area contributed by atoms with Gasteiger partial charge < -0.3 is 10.1 Å². The van der Waals surface area contributed by atoms with Crippen molar-refractivity contribution < 1.29 is 14.3 Å². The van der Waals surface area contributed by atoms with E-state index in [9.17, 15) is 9.59 Å². The van der Waals surface area contributed by atoms with Gasteiger partial charge in [-0.1, -0.05) is 23.7 Å². The highest BCUT2D eigenvalue weighted by atomic mass is 35.5. The SMILES string of the molecule is COC(=O)[C@@H](C)NC(=O)c1cc(-c2cccc(Cl)c2)nn1C. The lowest BCUT2D eigenvalue weighted by Crippen LogP contribution is -2.39. The Morgan fingerprint density at radius 3 is 2.73 bits per heavy atom. The minimum Gasteiger partial charge on any atom is -0.467 e. The van der Waals surface area contributed by atoms with E-state index in [1.807, 2.05) is 12.1 Å². The van der Waals surface area contributed by atoms with Crippen LogP contribution in [0.5, 0.6) is 0 Å². The van der Waals surface area contributed by atoms with Gasteiger partial charge in [0.05, 0.1) is 12.8 Å². The van der Waals surface area contributed by atoms with Crippen LogP contribution < -0.4 is 5.32 Å². The van der Waals surface area contributed by atoms with Gasteiger partial charge in [-0.25, -0.2) is 4.79 Å². The normalized spacial score (nSPS) is 11.8.